The van der Waals surface area contributed by atoms with Crippen LogP contribution in [0.3, 0.4) is 0 Å². The summed E-state index contributed by atoms with van der Waals surface area (Å²) >= 11 is 5.61. The fraction of sp³-hybridized carbons (Fsp3) is 0.222. The van der Waals surface area contributed by atoms with Crippen LogP contribution in [0.25, 0.3) is 0 Å². The molecule has 0 aromatic heterocycles. The molecule has 0 saturated heterocycles. The first-order valence-electron chi connectivity index (χ1n) is 3.49. The second-order valence-corrected chi connectivity index (χ2v) is 4.45. The lowest BCUT2D eigenvalue weighted by Gasteiger charge is -2.10. The van der Waals surface area contributed by atoms with Gasteiger partial charge in [0.2, 0.25) is 0 Å². The van der Waals surface area contributed by atoms with E-state index in [9.17, 15) is 4.39 Å². The smallest absolute Gasteiger partial charge is 0.0963 e. The zero-order chi connectivity index (χ0) is 9.14. The Morgan fingerprint density at radius 3 is 2.83 bits per heavy atom. The van der Waals surface area contributed by atoms with Crippen molar-refractivity contribution in [2.45, 2.75) is 5.92 Å². The van der Waals surface area contributed by atoms with Crippen LogP contribution in [0.4, 0.5) is 4.39 Å². The van der Waals surface area contributed by atoms with E-state index in [-0.39, 0.29) is 5.92 Å². The van der Waals surface area contributed by atoms with Crippen molar-refractivity contribution in [1.29, 1.82) is 0 Å². The maximum absolute atomic E-state index is 12.3. The lowest BCUT2D eigenvalue weighted by atomic mass is 10.0. The van der Waals surface area contributed by atoms with Crippen LogP contribution in [0, 0.1) is 10.5 Å². The van der Waals surface area contributed by atoms with E-state index >= 15 is 0 Å². The molecule has 0 aliphatic carbocycles. The van der Waals surface area contributed by atoms with Gasteiger partial charge in [-0.3, -0.25) is 4.39 Å². The molecule has 1 radical (unpaired) electrons. The lowest BCUT2D eigenvalue weighted by Crippen LogP contribution is -1.97. The number of halogens is 3. The highest BCUT2D eigenvalue weighted by Gasteiger charge is 2.10. The molecule has 0 amide bonds. The fourth-order valence-corrected chi connectivity index (χ4v) is 2.03. The highest BCUT2D eigenvalue weighted by molar-refractivity contribution is 14.1. The second kappa shape index (κ2) is 4.56. The van der Waals surface area contributed by atoms with Crippen molar-refractivity contribution in [3.8, 4) is 0 Å². The first kappa shape index (κ1) is 10.4. The first-order chi connectivity index (χ1) is 5.66. The molecule has 0 heterocycles. The molecule has 1 aromatic carbocycles. The zero-order valence-corrected chi connectivity index (χ0v) is 10.1. The molecule has 65 valence electrons. The SMILES string of the molecule is [CH2]C(CF)c1cccc(I)c1Br. The van der Waals surface area contributed by atoms with Gasteiger partial charge in [0, 0.05) is 14.0 Å². The van der Waals surface area contributed by atoms with E-state index in [0.29, 0.717) is 0 Å². The molecule has 0 N–H and O–H groups in total. The Kier molecular flexibility index (Phi) is 3.96. The predicted octanol–water partition coefficient (Wildman–Crippen LogP) is 3.94. The summed E-state index contributed by atoms with van der Waals surface area (Å²) in [6.07, 6.45) is 0. The average molecular weight is 342 g/mol. The molecule has 0 aliphatic heterocycles. The highest BCUT2D eigenvalue weighted by Crippen LogP contribution is 2.28. The van der Waals surface area contributed by atoms with E-state index in [2.05, 4.69) is 45.4 Å². The van der Waals surface area contributed by atoms with Gasteiger partial charge in [-0.2, -0.15) is 0 Å². The van der Waals surface area contributed by atoms with Crippen LogP contribution in [0.2, 0.25) is 0 Å². The van der Waals surface area contributed by atoms with Crippen LogP contribution < -0.4 is 0 Å². The lowest BCUT2D eigenvalue weighted by molar-refractivity contribution is 0.464. The molecule has 0 spiro atoms. The van der Waals surface area contributed by atoms with Gasteiger partial charge in [0.25, 0.3) is 0 Å². The van der Waals surface area contributed by atoms with Gasteiger partial charge in [-0.05, 0) is 57.1 Å². The molecule has 0 bridgehead atoms. The van der Waals surface area contributed by atoms with Gasteiger partial charge in [-0.25, -0.2) is 0 Å². The van der Waals surface area contributed by atoms with E-state index in [1.54, 1.807) is 0 Å². The normalized spacial score (nSPS) is 13.0. The monoisotopic (exact) mass is 341 g/mol. The van der Waals surface area contributed by atoms with Crippen LogP contribution in [0.1, 0.15) is 11.5 Å². The summed E-state index contributed by atoms with van der Waals surface area (Å²) in [4.78, 5) is 0. The van der Waals surface area contributed by atoms with Crippen molar-refractivity contribution in [2.24, 2.45) is 0 Å². The Morgan fingerprint density at radius 1 is 1.58 bits per heavy atom. The van der Waals surface area contributed by atoms with Crippen molar-refractivity contribution >= 4 is 38.5 Å². The van der Waals surface area contributed by atoms with Crippen LogP contribution >= 0.6 is 38.5 Å². The maximum atomic E-state index is 12.3. The van der Waals surface area contributed by atoms with Crippen molar-refractivity contribution in [3.05, 3.63) is 38.7 Å². The van der Waals surface area contributed by atoms with Crippen molar-refractivity contribution in [2.75, 3.05) is 6.67 Å². The summed E-state index contributed by atoms with van der Waals surface area (Å²) < 4.78 is 14.3. The van der Waals surface area contributed by atoms with Gasteiger partial charge in [-0.15, -0.1) is 0 Å². The standard InChI is InChI=1S/C9H8BrFI/c1-6(5-11)7-3-2-4-8(12)9(7)10/h2-4,6H,1,5H2. The zero-order valence-electron chi connectivity index (χ0n) is 6.36. The summed E-state index contributed by atoms with van der Waals surface area (Å²) in [7, 11) is 0. The Labute approximate surface area is 93.8 Å². The second-order valence-electron chi connectivity index (χ2n) is 2.49. The first-order valence-corrected chi connectivity index (χ1v) is 5.37. The molecular formula is C9H8BrFI. The van der Waals surface area contributed by atoms with Gasteiger partial charge in [0.1, 0.15) is 0 Å². The fourth-order valence-electron chi connectivity index (χ4n) is 0.919. The highest BCUT2D eigenvalue weighted by atomic mass is 127. The van der Waals surface area contributed by atoms with Crippen molar-refractivity contribution < 1.29 is 4.39 Å². The minimum absolute atomic E-state index is 0.269. The van der Waals surface area contributed by atoms with Gasteiger partial charge in [-0.1, -0.05) is 12.1 Å². The van der Waals surface area contributed by atoms with E-state index < -0.39 is 6.67 Å². The summed E-state index contributed by atoms with van der Waals surface area (Å²) in [6, 6.07) is 5.78. The number of benzene rings is 1. The summed E-state index contributed by atoms with van der Waals surface area (Å²) in [5.41, 5.74) is 0.935. The van der Waals surface area contributed by atoms with Crippen LogP contribution in [-0.4, -0.2) is 6.67 Å². The molecule has 0 saturated carbocycles. The number of hydrogen-bond acceptors (Lipinski definition) is 0. The largest absolute Gasteiger partial charge is 0.250 e. The average Bonchev–Trinajstić information content (AvgIpc) is 2.08. The summed E-state index contributed by atoms with van der Waals surface area (Å²) in [5.74, 6) is -0.269. The molecule has 1 aromatic rings. The quantitative estimate of drug-likeness (QED) is 0.715. The van der Waals surface area contributed by atoms with E-state index in [1.807, 2.05) is 18.2 Å². The Balaban J connectivity index is 3.07. The minimum atomic E-state index is -0.418. The van der Waals surface area contributed by atoms with E-state index in [0.717, 1.165) is 13.6 Å². The predicted molar refractivity (Wildman–Crippen MR) is 60.9 cm³/mol. The number of alkyl halides is 1. The van der Waals surface area contributed by atoms with Gasteiger partial charge < -0.3 is 0 Å². The Morgan fingerprint density at radius 2 is 2.25 bits per heavy atom. The Bertz CT molecular complexity index is 275. The van der Waals surface area contributed by atoms with Crippen molar-refractivity contribution in [3.63, 3.8) is 0 Å². The van der Waals surface area contributed by atoms with Crippen LogP contribution in [0.5, 0.6) is 0 Å². The number of rotatable bonds is 2. The van der Waals surface area contributed by atoms with E-state index in [1.165, 1.54) is 0 Å². The third-order valence-electron chi connectivity index (χ3n) is 1.61. The third-order valence-corrected chi connectivity index (χ3v) is 4.13. The van der Waals surface area contributed by atoms with Gasteiger partial charge >= 0.3 is 0 Å². The van der Waals surface area contributed by atoms with Crippen LogP contribution in [-0.2, 0) is 0 Å². The molecule has 0 fully saturated rings. The molecule has 1 rings (SSSR count). The van der Waals surface area contributed by atoms with Crippen molar-refractivity contribution in [1.82, 2.24) is 0 Å². The molecular weight excluding hydrogens is 334 g/mol. The van der Waals surface area contributed by atoms with E-state index in [4.69, 9.17) is 0 Å². The minimum Gasteiger partial charge on any atom is -0.250 e. The summed E-state index contributed by atoms with van der Waals surface area (Å²) in [5, 5.41) is 0. The topological polar surface area (TPSA) is 0 Å². The number of hydrogen-bond donors (Lipinski definition) is 0. The van der Waals surface area contributed by atoms with Gasteiger partial charge in [0.05, 0.1) is 6.67 Å². The molecule has 1 atom stereocenters. The maximum Gasteiger partial charge on any atom is 0.0963 e. The third kappa shape index (κ3) is 2.19. The van der Waals surface area contributed by atoms with Crippen LogP contribution in [0.15, 0.2) is 22.7 Å². The summed E-state index contributed by atoms with van der Waals surface area (Å²) in [6.45, 7) is 3.30. The Hall–Kier alpha value is 0.360. The molecule has 12 heavy (non-hydrogen) atoms. The molecule has 0 aliphatic rings. The van der Waals surface area contributed by atoms with Gasteiger partial charge in [0.15, 0.2) is 0 Å². The molecule has 1 unspecified atom stereocenters. The molecule has 3 heteroatoms. The molecule has 0 nitrogen and oxygen atoms in total.